The molecule has 5 heterocycles. The van der Waals surface area contributed by atoms with Crippen molar-refractivity contribution in [3.05, 3.63) is 70.6 Å². The van der Waals surface area contributed by atoms with Crippen LogP contribution in [0.5, 0.6) is 0 Å². The van der Waals surface area contributed by atoms with E-state index in [1.54, 1.807) is 0 Å². The van der Waals surface area contributed by atoms with E-state index < -0.39 is 12.6 Å². The van der Waals surface area contributed by atoms with Gasteiger partial charge in [0.15, 0.2) is 11.5 Å². The maximum Gasteiger partial charge on any atom is 0.345 e. The first kappa shape index (κ1) is 30.7. The van der Waals surface area contributed by atoms with Crippen LogP contribution in [0, 0.1) is 29.6 Å². The smallest absolute Gasteiger partial charge is 0.345 e. The molecular weight excluding hydrogens is 595 g/mol. The summed E-state index contributed by atoms with van der Waals surface area (Å²) in [6.45, 7) is 1.72. The number of rotatable bonds is 4. The van der Waals surface area contributed by atoms with Crippen LogP contribution in [0.1, 0.15) is 57.4 Å². The average Bonchev–Trinajstić information content (AvgIpc) is 3.67. The molecule has 238 valence electrons. The molecular formula is C35H45NO6S2. The topological polar surface area (TPSA) is 88.5 Å². The summed E-state index contributed by atoms with van der Waals surface area (Å²) in [6.07, 6.45) is 10.5. The zero-order valence-corrected chi connectivity index (χ0v) is 27.4. The second-order valence-corrected chi connectivity index (χ2v) is 16.1. The van der Waals surface area contributed by atoms with Gasteiger partial charge in [0.2, 0.25) is 5.76 Å². The number of hydrogen-bond acceptors (Lipinski definition) is 9. The number of esters is 1. The molecule has 1 aromatic carbocycles. The van der Waals surface area contributed by atoms with Gasteiger partial charge in [0.1, 0.15) is 11.3 Å². The highest BCUT2D eigenvalue weighted by molar-refractivity contribution is 8.76. The maximum atomic E-state index is 12.6. The van der Waals surface area contributed by atoms with Crippen LogP contribution in [0.3, 0.4) is 0 Å². The molecule has 6 aliphatic rings. The van der Waals surface area contributed by atoms with E-state index in [1.165, 1.54) is 37.7 Å². The number of piperidine rings is 1. The molecule has 1 aliphatic carbocycles. The minimum atomic E-state index is -0.584. The number of benzene rings is 1. The summed E-state index contributed by atoms with van der Waals surface area (Å²) < 4.78 is 17.9. The summed E-state index contributed by atoms with van der Waals surface area (Å²) in [6, 6.07) is 11.4. The first-order valence-electron chi connectivity index (χ1n) is 16.4. The number of hydrogen-bond donors (Lipinski definition) is 2. The van der Waals surface area contributed by atoms with Crippen molar-refractivity contribution in [3.63, 3.8) is 0 Å². The number of aliphatic hydroxyl groups is 2. The van der Waals surface area contributed by atoms with Gasteiger partial charge in [-0.25, -0.2) is 4.79 Å². The second-order valence-electron chi connectivity index (χ2n) is 13.6. The Labute approximate surface area is 268 Å². The highest BCUT2D eigenvalue weighted by atomic mass is 33.1. The Morgan fingerprint density at radius 1 is 1.02 bits per heavy atom. The van der Waals surface area contributed by atoms with Gasteiger partial charge < -0.3 is 24.4 Å². The lowest BCUT2D eigenvalue weighted by Gasteiger charge is -2.52. The quantitative estimate of drug-likeness (QED) is 0.312. The Kier molecular flexibility index (Phi) is 9.13. The van der Waals surface area contributed by atoms with E-state index >= 15 is 0 Å². The fraction of sp³-hybridized carbons (Fsp3) is 0.629. The van der Waals surface area contributed by atoms with E-state index in [0.29, 0.717) is 35.3 Å². The number of ether oxygens (including phenoxy) is 3. The number of cyclic esters (lactones) is 1. The Balaban J connectivity index is 1.28. The van der Waals surface area contributed by atoms with Gasteiger partial charge in [-0.1, -0.05) is 71.7 Å². The zero-order valence-electron chi connectivity index (χ0n) is 25.7. The molecule has 9 atom stereocenters. The van der Waals surface area contributed by atoms with Gasteiger partial charge >= 0.3 is 5.97 Å². The molecule has 0 amide bonds. The van der Waals surface area contributed by atoms with Gasteiger partial charge in [-0.05, 0) is 67.9 Å². The van der Waals surface area contributed by atoms with Crippen LogP contribution in [0.15, 0.2) is 65.0 Å². The predicted molar refractivity (Wildman–Crippen MR) is 173 cm³/mol. The molecule has 2 N–H and O–H groups in total. The number of nitrogens with zero attached hydrogens (tertiary/aromatic N) is 1. The number of methoxy groups -OCH3 is 1. The number of allylic oxidation sites excluding steroid dienone is 1. The fourth-order valence-electron chi connectivity index (χ4n) is 9.11. The van der Waals surface area contributed by atoms with Crippen LogP contribution >= 0.6 is 21.6 Å². The van der Waals surface area contributed by atoms with Gasteiger partial charge in [0.25, 0.3) is 0 Å². The third-order valence-electron chi connectivity index (χ3n) is 11.2. The Morgan fingerprint density at radius 2 is 1.80 bits per heavy atom. The molecule has 1 aromatic rings. The van der Waals surface area contributed by atoms with Gasteiger partial charge in [0.05, 0.1) is 19.8 Å². The van der Waals surface area contributed by atoms with Gasteiger partial charge in [-0.3, -0.25) is 4.90 Å². The Morgan fingerprint density at radius 3 is 2.59 bits per heavy atom. The number of carbonyl (C=O) groups is 1. The minimum absolute atomic E-state index is 0.0627. The molecule has 1 saturated carbocycles. The van der Waals surface area contributed by atoms with E-state index in [-0.39, 0.29) is 41.4 Å². The summed E-state index contributed by atoms with van der Waals surface area (Å²) in [5.74, 6) is 5.48. The third-order valence-corrected chi connectivity index (χ3v) is 13.7. The van der Waals surface area contributed by atoms with Crippen molar-refractivity contribution in [1.82, 2.24) is 4.90 Å². The lowest BCUT2D eigenvalue weighted by Crippen LogP contribution is -2.60. The van der Waals surface area contributed by atoms with E-state index in [2.05, 4.69) is 48.2 Å². The van der Waals surface area contributed by atoms with Crippen LogP contribution < -0.4 is 0 Å². The molecule has 7 rings (SSSR count). The summed E-state index contributed by atoms with van der Waals surface area (Å²) >= 11 is 0. The molecule has 0 aromatic heterocycles. The molecule has 44 heavy (non-hydrogen) atoms. The molecule has 3 saturated heterocycles. The van der Waals surface area contributed by atoms with Gasteiger partial charge in [0, 0.05) is 41.5 Å². The summed E-state index contributed by atoms with van der Waals surface area (Å²) in [5, 5.41) is 22.0. The molecule has 4 fully saturated rings. The standard InChI is InChI=1S/C35H45NO6S2/c1-20-31-28-15-22(13-21-7-4-3-5-8-21)14-27-29(38)16-23-9-6-10-24(23)18-43-44-19-25(36(27)28)11-12-30(31)41-32(20)34-33(40-2)26(17-37)35(39)42-34/h3-5,7-8,12,20,22-25,27-29,31,37-38H,6,9-11,13-19H2,1-2H3. The van der Waals surface area contributed by atoms with Crippen molar-refractivity contribution in [2.24, 2.45) is 29.6 Å². The van der Waals surface area contributed by atoms with Gasteiger partial charge in [-0.2, -0.15) is 0 Å². The van der Waals surface area contributed by atoms with E-state index in [0.717, 1.165) is 43.6 Å². The summed E-state index contributed by atoms with van der Waals surface area (Å²) in [5.41, 5.74) is 1.48. The largest absolute Gasteiger partial charge is 0.492 e. The molecule has 0 radical (unpaired) electrons. The average molecular weight is 640 g/mol. The number of aliphatic hydroxyl groups excluding tert-OH is 2. The number of carbonyl (C=O) groups excluding carboxylic acids is 1. The normalized spacial score (nSPS) is 39.3. The zero-order chi connectivity index (χ0) is 30.4. The first-order chi connectivity index (χ1) is 21.5. The third kappa shape index (κ3) is 5.65. The lowest BCUT2D eigenvalue weighted by atomic mass is 9.72. The summed E-state index contributed by atoms with van der Waals surface area (Å²) in [4.78, 5) is 15.3. The molecule has 0 bridgehead atoms. The maximum absolute atomic E-state index is 12.6. The van der Waals surface area contributed by atoms with Crippen molar-refractivity contribution in [2.45, 2.75) is 82.5 Å². The molecule has 7 nitrogen and oxygen atoms in total. The monoisotopic (exact) mass is 639 g/mol. The highest BCUT2D eigenvalue weighted by Crippen LogP contribution is 2.52. The van der Waals surface area contributed by atoms with E-state index in [4.69, 9.17) is 14.2 Å². The lowest BCUT2D eigenvalue weighted by molar-refractivity contribution is -0.133. The van der Waals surface area contributed by atoms with Crippen LogP contribution in [-0.2, 0) is 25.4 Å². The molecule has 9 unspecified atom stereocenters. The first-order valence-corrected chi connectivity index (χ1v) is 18.9. The Bertz CT molecular complexity index is 1330. The van der Waals surface area contributed by atoms with E-state index in [1.807, 2.05) is 21.6 Å². The predicted octanol–water partition coefficient (Wildman–Crippen LogP) is 5.84. The van der Waals surface area contributed by atoms with Gasteiger partial charge in [-0.15, -0.1) is 0 Å². The molecule has 9 heteroatoms. The molecule has 0 spiro atoms. The Hall–Kier alpha value is -1.91. The van der Waals surface area contributed by atoms with Crippen molar-refractivity contribution in [1.29, 1.82) is 0 Å². The SMILES string of the molecule is COC1=C(CO)C(=O)OC1=C1OC2=CCC3CSSCC4CCCC4CC(O)C4CC(Cc5ccccc5)CC(C2C1C)N34. The van der Waals surface area contributed by atoms with Crippen LogP contribution in [-0.4, -0.2) is 70.5 Å². The van der Waals surface area contributed by atoms with Crippen molar-refractivity contribution >= 4 is 27.6 Å². The van der Waals surface area contributed by atoms with Crippen LogP contribution in [0.4, 0.5) is 0 Å². The van der Waals surface area contributed by atoms with E-state index in [9.17, 15) is 15.0 Å². The number of fused-ring (bicyclic) bond motifs is 3. The van der Waals surface area contributed by atoms with Crippen LogP contribution in [0.2, 0.25) is 0 Å². The summed E-state index contributed by atoms with van der Waals surface area (Å²) in [7, 11) is 5.55. The minimum Gasteiger partial charge on any atom is -0.492 e. The van der Waals surface area contributed by atoms with Crippen molar-refractivity contribution < 1.29 is 29.2 Å². The fourth-order valence-corrected chi connectivity index (χ4v) is 12.0. The molecule has 5 aliphatic heterocycles. The van der Waals surface area contributed by atoms with Crippen molar-refractivity contribution in [3.8, 4) is 0 Å². The van der Waals surface area contributed by atoms with Crippen molar-refractivity contribution in [2.75, 3.05) is 25.2 Å². The van der Waals surface area contributed by atoms with Crippen LogP contribution in [0.25, 0.3) is 0 Å². The highest BCUT2D eigenvalue weighted by Gasteiger charge is 2.53. The second kappa shape index (κ2) is 13.1.